The quantitative estimate of drug-likeness (QED) is 0.858. The molecule has 0 aliphatic rings. The summed E-state index contributed by atoms with van der Waals surface area (Å²) >= 11 is 1.68. The van der Waals surface area contributed by atoms with Crippen LogP contribution in [0.1, 0.15) is 24.0 Å². The Bertz CT molecular complexity index is 496. The molecule has 0 spiro atoms. The van der Waals surface area contributed by atoms with Gasteiger partial charge in [-0.1, -0.05) is 19.1 Å². The van der Waals surface area contributed by atoms with Gasteiger partial charge in [0.05, 0.1) is 18.8 Å². The van der Waals surface area contributed by atoms with Gasteiger partial charge >= 0.3 is 0 Å². The van der Waals surface area contributed by atoms with Crippen LogP contribution in [0.25, 0.3) is 0 Å². The zero-order valence-electron chi connectivity index (χ0n) is 10.8. The smallest absolute Gasteiger partial charge is 0.142 e. The molecule has 0 radical (unpaired) electrons. The minimum absolute atomic E-state index is 0.741. The van der Waals surface area contributed by atoms with Gasteiger partial charge in [0, 0.05) is 11.1 Å². The van der Waals surface area contributed by atoms with E-state index in [0.717, 1.165) is 41.7 Å². The number of anilines is 1. The molecule has 0 aliphatic heterocycles. The molecule has 1 aromatic carbocycles. The van der Waals surface area contributed by atoms with Crippen LogP contribution in [-0.2, 0) is 6.54 Å². The standard InChI is InChI=1S/C14H18N2OS/c1-3-8-17-13-7-5-4-6-12(13)15-9-14-16-11(2)10-18-14/h4-7,10,15H,3,8-9H2,1-2H3. The zero-order valence-corrected chi connectivity index (χ0v) is 11.6. The molecule has 96 valence electrons. The van der Waals surface area contributed by atoms with E-state index in [2.05, 4.69) is 22.6 Å². The molecule has 2 rings (SSSR count). The highest BCUT2D eigenvalue weighted by atomic mass is 32.1. The van der Waals surface area contributed by atoms with E-state index >= 15 is 0 Å². The van der Waals surface area contributed by atoms with Crippen molar-refractivity contribution in [2.75, 3.05) is 11.9 Å². The van der Waals surface area contributed by atoms with Crippen molar-refractivity contribution in [1.29, 1.82) is 0 Å². The van der Waals surface area contributed by atoms with Crippen molar-refractivity contribution in [2.45, 2.75) is 26.8 Å². The maximum Gasteiger partial charge on any atom is 0.142 e. The van der Waals surface area contributed by atoms with Gasteiger partial charge in [-0.3, -0.25) is 0 Å². The van der Waals surface area contributed by atoms with Crippen molar-refractivity contribution in [2.24, 2.45) is 0 Å². The lowest BCUT2D eigenvalue weighted by Gasteiger charge is -2.11. The summed E-state index contributed by atoms with van der Waals surface area (Å²) in [7, 11) is 0. The molecule has 1 heterocycles. The third-order valence-corrected chi connectivity index (χ3v) is 3.41. The Labute approximate surface area is 112 Å². The summed E-state index contributed by atoms with van der Waals surface area (Å²) in [5.41, 5.74) is 2.10. The molecule has 0 amide bonds. The number of aromatic nitrogens is 1. The van der Waals surface area contributed by atoms with Crippen molar-refractivity contribution in [3.63, 3.8) is 0 Å². The van der Waals surface area contributed by atoms with E-state index in [0.29, 0.717) is 0 Å². The second-order valence-corrected chi connectivity index (χ2v) is 5.02. The summed E-state index contributed by atoms with van der Waals surface area (Å²) in [6.07, 6.45) is 1.01. The number of nitrogens with zero attached hydrogens (tertiary/aromatic N) is 1. The lowest BCUT2D eigenvalue weighted by molar-refractivity contribution is 0.319. The van der Waals surface area contributed by atoms with E-state index in [1.165, 1.54) is 0 Å². The molecular formula is C14H18N2OS. The highest BCUT2D eigenvalue weighted by molar-refractivity contribution is 7.09. The van der Waals surface area contributed by atoms with E-state index in [-0.39, 0.29) is 0 Å². The Morgan fingerprint density at radius 3 is 2.89 bits per heavy atom. The number of hydrogen-bond donors (Lipinski definition) is 1. The van der Waals surface area contributed by atoms with Gasteiger partial charge in [-0.25, -0.2) is 4.98 Å². The number of para-hydroxylation sites is 2. The summed E-state index contributed by atoms with van der Waals surface area (Å²) in [5, 5.41) is 6.54. The third kappa shape index (κ3) is 3.47. The van der Waals surface area contributed by atoms with Crippen LogP contribution < -0.4 is 10.1 Å². The van der Waals surface area contributed by atoms with Gasteiger partial charge in [0.2, 0.25) is 0 Å². The maximum absolute atomic E-state index is 5.70. The fourth-order valence-corrected chi connectivity index (χ4v) is 2.32. The molecule has 4 heteroatoms. The molecule has 0 unspecified atom stereocenters. The number of thiazole rings is 1. The van der Waals surface area contributed by atoms with Crippen LogP contribution in [0.2, 0.25) is 0 Å². The van der Waals surface area contributed by atoms with Gasteiger partial charge in [0.15, 0.2) is 0 Å². The Kier molecular flexibility index (Phi) is 4.59. The molecular weight excluding hydrogens is 244 g/mol. The largest absolute Gasteiger partial charge is 0.491 e. The SMILES string of the molecule is CCCOc1ccccc1NCc1nc(C)cs1. The van der Waals surface area contributed by atoms with Gasteiger partial charge in [0.1, 0.15) is 10.8 Å². The van der Waals surface area contributed by atoms with Gasteiger partial charge in [0.25, 0.3) is 0 Å². The molecule has 0 saturated carbocycles. The summed E-state index contributed by atoms with van der Waals surface area (Å²) in [5.74, 6) is 0.910. The Morgan fingerprint density at radius 2 is 2.17 bits per heavy atom. The highest BCUT2D eigenvalue weighted by Crippen LogP contribution is 2.24. The van der Waals surface area contributed by atoms with Gasteiger partial charge in [-0.15, -0.1) is 11.3 Å². The third-order valence-electron chi connectivity index (χ3n) is 2.45. The minimum Gasteiger partial charge on any atom is -0.491 e. The van der Waals surface area contributed by atoms with E-state index in [9.17, 15) is 0 Å². The van der Waals surface area contributed by atoms with Gasteiger partial charge in [-0.05, 0) is 25.5 Å². The van der Waals surface area contributed by atoms with Crippen LogP contribution in [0, 0.1) is 6.92 Å². The molecule has 0 aliphatic carbocycles. The molecule has 0 atom stereocenters. The van der Waals surface area contributed by atoms with Gasteiger partial charge < -0.3 is 10.1 Å². The Morgan fingerprint density at radius 1 is 1.33 bits per heavy atom. The number of benzene rings is 1. The fraction of sp³-hybridized carbons (Fsp3) is 0.357. The first kappa shape index (κ1) is 12.9. The average Bonchev–Trinajstić information content (AvgIpc) is 2.81. The number of nitrogens with one attached hydrogen (secondary N) is 1. The van der Waals surface area contributed by atoms with Crippen molar-refractivity contribution in [3.05, 3.63) is 40.3 Å². The summed E-state index contributed by atoms with van der Waals surface area (Å²) < 4.78 is 5.70. The molecule has 0 bridgehead atoms. The molecule has 0 saturated heterocycles. The summed E-state index contributed by atoms with van der Waals surface area (Å²) in [4.78, 5) is 4.43. The second kappa shape index (κ2) is 6.40. The average molecular weight is 262 g/mol. The Hall–Kier alpha value is -1.55. The Balaban J connectivity index is 1.99. The first-order valence-corrected chi connectivity index (χ1v) is 7.04. The second-order valence-electron chi connectivity index (χ2n) is 4.08. The van der Waals surface area contributed by atoms with Crippen LogP contribution in [0.5, 0.6) is 5.75 Å². The van der Waals surface area contributed by atoms with Crippen molar-refractivity contribution >= 4 is 17.0 Å². The first-order valence-electron chi connectivity index (χ1n) is 6.16. The molecule has 2 aromatic rings. The molecule has 1 aromatic heterocycles. The van der Waals surface area contributed by atoms with E-state index in [4.69, 9.17) is 4.74 Å². The maximum atomic E-state index is 5.70. The minimum atomic E-state index is 0.741. The summed E-state index contributed by atoms with van der Waals surface area (Å²) in [6, 6.07) is 8.02. The predicted molar refractivity (Wildman–Crippen MR) is 76.4 cm³/mol. The van der Waals surface area contributed by atoms with Crippen molar-refractivity contribution in [1.82, 2.24) is 4.98 Å². The monoisotopic (exact) mass is 262 g/mol. The summed E-state index contributed by atoms with van der Waals surface area (Å²) in [6.45, 7) is 5.60. The van der Waals surface area contributed by atoms with Crippen molar-refractivity contribution < 1.29 is 4.74 Å². The predicted octanol–water partition coefficient (Wildman–Crippen LogP) is 3.85. The zero-order chi connectivity index (χ0) is 12.8. The molecule has 18 heavy (non-hydrogen) atoms. The number of rotatable bonds is 6. The van der Waals surface area contributed by atoms with Crippen LogP contribution >= 0.6 is 11.3 Å². The van der Waals surface area contributed by atoms with E-state index in [1.54, 1.807) is 11.3 Å². The normalized spacial score (nSPS) is 10.3. The lowest BCUT2D eigenvalue weighted by Crippen LogP contribution is -2.03. The number of ether oxygens (including phenoxy) is 1. The van der Waals surface area contributed by atoms with Crippen LogP contribution in [-0.4, -0.2) is 11.6 Å². The van der Waals surface area contributed by atoms with Crippen LogP contribution in [0.3, 0.4) is 0 Å². The van der Waals surface area contributed by atoms with Crippen molar-refractivity contribution in [3.8, 4) is 5.75 Å². The van der Waals surface area contributed by atoms with E-state index < -0.39 is 0 Å². The van der Waals surface area contributed by atoms with Gasteiger partial charge in [-0.2, -0.15) is 0 Å². The lowest BCUT2D eigenvalue weighted by atomic mass is 10.3. The van der Waals surface area contributed by atoms with E-state index in [1.807, 2.05) is 31.2 Å². The van der Waals surface area contributed by atoms with Crippen LogP contribution in [0.15, 0.2) is 29.6 Å². The molecule has 0 fully saturated rings. The van der Waals surface area contributed by atoms with Crippen LogP contribution in [0.4, 0.5) is 5.69 Å². The first-order chi connectivity index (χ1) is 8.79. The number of hydrogen-bond acceptors (Lipinski definition) is 4. The topological polar surface area (TPSA) is 34.1 Å². The molecule has 1 N–H and O–H groups in total. The molecule has 3 nitrogen and oxygen atoms in total. The fourth-order valence-electron chi connectivity index (χ4n) is 1.61. The number of aryl methyl sites for hydroxylation is 1. The highest BCUT2D eigenvalue weighted by Gasteiger charge is 2.03.